The molecule has 0 aliphatic heterocycles. The quantitative estimate of drug-likeness (QED) is 0.870. The van der Waals surface area contributed by atoms with Crippen molar-refractivity contribution >= 4 is 15.9 Å². The first-order valence-electron chi connectivity index (χ1n) is 5.80. The van der Waals surface area contributed by atoms with Crippen molar-refractivity contribution in [1.29, 1.82) is 0 Å². The fourth-order valence-electron chi connectivity index (χ4n) is 1.83. The van der Waals surface area contributed by atoms with E-state index in [1.165, 1.54) is 5.56 Å². The molecule has 0 spiro atoms. The lowest BCUT2D eigenvalue weighted by Crippen LogP contribution is -2.34. The monoisotopic (exact) mass is 284 g/mol. The van der Waals surface area contributed by atoms with Crippen molar-refractivity contribution in [2.45, 2.75) is 32.4 Å². The molecule has 0 aromatic heterocycles. The summed E-state index contributed by atoms with van der Waals surface area (Å²) in [4.78, 5) is 2.28. The van der Waals surface area contributed by atoms with E-state index in [0.717, 1.165) is 30.4 Å². The summed E-state index contributed by atoms with van der Waals surface area (Å²) in [7, 11) is 2.12. The first-order chi connectivity index (χ1) is 7.61. The number of rotatable bonds is 6. The van der Waals surface area contributed by atoms with Crippen LogP contribution in [0, 0.1) is 0 Å². The molecule has 0 heterocycles. The zero-order chi connectivity index (χ0) is 12.0. The van der Waals surface area contributed by atoms with Gasteiger partial charge in [-0.25, -0.2) is 0 Å². The Morgan fingerprint density at radius 3 is 2.50 bits per heavy atom. The van der Waals surface area contributed by atoms with E-state index in [1.807, 2.05) is 0 Å². The summed E-state index contributed by atoms with van der Waals surface area (Å²) >= 11 is 3.44. The second-order valence-electron chi connectivity index (χ2n) is 4.37. The second-order valence-corrected chi connectivity index (χ2v) is 5.29. The van der Waals surface area contributed by atoms with Gasteiger partial charge in [0.1, 0.15) is 0 Å². The van der Waals surface area contributed by atoms with Gasteiger partial charge < -0.3 is 10.6 Å². The number of halogens is 1. The summed E-state index contributed by atoms with van der Waals surface area (Å²) < 4.78 is 1.13. The molecule has 1 rings (SSSR count). The van der Waals surface area contributed by atoms with Crippen LogP contribution in [0.2, 0.25) is 0 Å². The molecule has 0 saturated heterocycles. The lowest BCUT2D eigenvalue weighted by atomic mass is 10.1. The summed E-state index contributed by atoms with van der Waals surface area (Å²) in [6.45, 7) is 4.10. The lowest BCUT2D eigenvalue weighted by Gasteiger charge is -2.21. The van der Waals surface area contributed by atoms with Crippen LogP contribution in [0.15, 0.2) is 28.7 Å². The van der Waals surface area contributed by atoms with E-state index in [9.17, 15) is 0 Å². The molecule has 0 fully saturated rings. The third-order valence-electron chi connectivity index (χ3n) is 2.57. The van der Waals surface area contributed by atoms with Crippen LogP contribution in [-0.2, 0) is 6.54 Å². The summed E-state index contributed by atoms with van der Waals surface area (Å²) in [6, 6.07) is 8.74. The number of benzene rings is 1. The minimum atomic E-state index is 0.297. The Morgan fingerprint density at radius 2 is 1.94 bits per heavy atom. The van der Waals surface area contributed by atoms with Gasteiger partial charge in [0.25, 0.3) is 0 Å². The molecule has 1 unspecified atom stereocenters. The smallest absolute Gasteiger partial charge is 0.0231 e. The average Bonchev–Trinajstić information content (AvgIpc) is 2.21. The number of nitrogens with zero attached hydrogens (tertiary/aromatic N) is 1. The minimum Gasteiger partial charge on any atom is -0.327 e. The average molecular weight is 285 g/mol. The fourth-order valence-corrected chi connectivity index (χ4v) is 2.09. The van der Waals surface area contributed by atoms with Gasteiger partial charge in [-0.2, -0.15) is 0 Å². The topological polar surface area (TPSA) is 29.3 Å². The van der Waals surface area contributed by atoms with E-state index in [-0.39, 0.29) is 0 Å². The van der Waals surface area contributed by atoms with Crippen molar-refractivity contribution in [2.75, 3.05) is 13.6 Å². The molecule has 1 aromatic carbocycles. The zero-order valence-electron chi connectivity index (χ0n) is 10.1. The highest BCUT2D eigenvalue weighted by atomic mass is 79.9. The molecule has 16 heavy (non-hydrogen) atoms. The van der Waals surface area contributed by atoms with Gasteiger partial charge in [-0.1, -0.05) is 41.4 Å². The molecule has 2 N–H and O–H groups in total. The predicted octanol–water partition coefficient (Wildman–Crippen LogP) is 3.01. The van der Waals surface area contributed by atoms with Crippen LogP contribution in [0.25, 0.3) is 0 Å². The molecule has 0 aliphatic carbocycles. The minimum absolute atomic E-state index is 0.297. The van der Waals surface area contributed by atoms with E-state index in [2.05, 4.69) is 59.1 Å². The van der Waals surface area contributed by atoms with Gasteiger partial charge in [0.15, 0.2) is 0 Å². The molecule has 0 bridgehead atoms. The maximum absolute atomic E-state index is 6.01. The van der Waals surface area contributed by atoms with E-state index in [4.69, 9.17) is 5.73 Å². The van der Waals surface area contributed by atoms with Crippen molar-refractivity contribution < 1.29 is 0 Å². The van der Waals surface area contributed by atoms with Crippen LogP contribution in [0.3, 0.4) is 0 Å². The van der Waals surface area contributed by atoms with Crippen molar-refractivity contribution in [2.24, 2.45) is 5.73 Å². The molecule has 0 aliphatic rings. The third kappa shape index (κ3) is 5.10. The molecule has 90 valence electrons. The van der Waals surface area contributed by atoms with E-state index in [1.54, 1.807) is 0 Å². The van der Waals surface area contributed by atoms with Gasteiger partial charge in [0.2, 0.25) is 0 Å². The van der Waals surface area contributed by atoms with Gasteiger partial charge in [-0.15, -0.1) is 0 Å². The van der Waals surface area contributed by atoms with Gasteiger partial charge >= 0.3 is 0 Å². The van der Waals surface area contributed by atoms with Crippen LogP contribution in [-0.4, -0.2) is 24.5 Å². The zero-order valence-corrected chi connectivity index (χ0v) is 11.7. The molecule has 0 radical (unpaired) electrons. The molecule has 2 nitrogen and oxygen atoms in total. The maximum Gasteiger partial charge on any atom is 0.0231 e. The highest BCUT2D eigenvalue weighted by molar-refractivity contribution is 9.10. The van der Waals surface area contributed by atoms with Crippen molar-refractivity contribution in [3.05, 3.63) is 34.3 Å². The number of nitrogens with two attached hydrogens (primary N) is 1. The van der Waals surface area contributed by atoms with Crippen LogP contribution in [0.1, 0.15) is 25.3 Å². The van der Waals surface area contributed by atoms with Gasteiger partial charge in [0, 0.05) is 23.6 Å². The van der Waals surface area contributed by atoms with Crippen molar-refractivity contribution in [3.63, 3.8) is 0 Å². The Labute approximate surface area is 107 Å². The Hall–Kier alpha value is -0.380. The summed E-state index contributed by atoms with van der Waals surface area (Å²) in [5, 5.41) is 0. The van der Waals surface area contributed by atoms with Gasteiger partial charge in [0.05, 0.1) is 0 Å². The fraction of sp³-hybridized carbons (Fsp3) is 0.538. The largest absolute Gasteiger partial charge is 0.327 e. The summed E-state index contributed by atoms with van der Waals surface area (Å²) in [6.07, 6.45) is 2.26. The Kier molecular flexibility index (Phi) is 6.03. The Morgan fingerprint density at radius 1 is 1.31 bits per heavy atom. The molecular formula is C13H21BrN2. The van der Waals surface area contributed by atoms with Crippen LogP contribution in [0.4, 0.5) is 0 Å². The number of hydrogen-bond acceptors (Lipinski definition) is 2. The van der Waals surface area contributed by atoms with Gasteiger partial charge in [-0.3, -0.25) is 0 Å². The molecular weight excluding hydrogens is 264 g/mol. The van der Waals surface area contributed by atoms with E-state index >= 15 is 0 Å². The second kappa shape index (κ2) is 7.05. The molecule has 1 aromatic rings. The summed E-state index contributed by atoms with van der Waals surface area (Å²) in [5.74, 6) is 0. The highest BCUT2D eigenvalue weighted by Crippen LogP contribution is 2.11. The molecule has 3 heteroatoms. The normalized spacial score (nSPS) is 13.1. The lowest BCUT2D eigenvalue weighted by molar-refractivity contribution is 0.297. The highest BCUT2D eigenvalue weighted by Gasteiger charge is 2.06. The first-order valence-corrected chi connectivity index (χ1v) is 6.59. The van der Waals surface area contributed by atoms with Crippen LogP contribution >= 0.6 is 15.9 Å². The van der Waals surface area contributed by atoms with Crippen molar-refractivity contribution in [3.8, 4) is 0 Å². The third-order valence-corrected chi connectivity index (χ3v) is 3.10. The van der Waals surface area contributed by atoms with Crippen molar-refractivity contribution in [1.82, 2.24) is 4.90 Å². The van der Waals surface area contributed by atoms with Crippen LogP contribution < -0.4 is 5.73 Å². The SMILES string of the molecule is CCCC(N)CN(C)Cc1ccc(Br)cc1. The molecule has 1 atom stereocenters. The first kappa shape index (κ1) is 13.7. The number of likely N-dealkylation sites (N-methyl/N-ethyl adjacent to an activating group) is 1. The van der Waals surface area contributed by atoms with Gasteiger partial charge in [-0.05, 0) is 31.2 Å². The van der Waals surface area contributed by atoms with E-state index in [0.29, 0.717) is 6.04 Å². The maximum atomic E-state index is 6.01. The molecule has 0 amide bonds. The molecule has 0 saturated carbocycles. The standard InChI is InChI=1S/C13H21BrN2/c1-3-4-13(15)10-16(2)9-11-5-7-12(14)8-6-11/h5-8,13H,3-4,9-10,15H2,1-2H3. The Bertz CT molecular complexity index is 297. The van der Waals surface area contributed by atoms with Crippen LogP contribution in [0.5, 0.6) is 0 Å². The number of hydrogen-bond donors (Lipinski definition) is 1. The van der Waals surface area contributed by atoms with E-state index < -0.39 is 0 Å². The predicted molar refractivity (Wildman–Crippen MR) is 73.4 cm³/mol. The summed E-state index contributed by atoms with van der Waals surface area (Å²) in [5.41, 5.74) is 7.34. The Balaban J connectivity index is 2.39.